The lowest BCUT2D eigenvalue weighted by Gasteiger charge is -2.12. The summed E-state index contributed by atoms with van der Waals surface area (Å²) in [5.74, 6) is 0.931. The summed E-state index contributed by atoms with van der Waals surface area (Å²) in [5, 5.41) is 3.00. The summed E-state index contributed by atoms with van der Waals surface area (Å²) in [5.41, 5.74) is 5.33. The van der Waals surface area contributed by atoms with Crippen molar-refractivity contribution in [1.82, 2.24) is 14.9 Å². The van der Waals surface area contributed by atoms with E-state index in [0.717, 1.165) is 23.4 Å². The van der Waals surface area contributed by atoms with Gasteiger partial charge in [-0.2, -0.15) is 0 Å². The van der Waals surface area contributed by atoms with E-state index in [1.807, 2.05) is 48.5 Å². The monoisotopic (exact) mass is 369 g/mol. The second-order valence-corrected chi connectivity index (χ2v) is 6.90. The highest BCUT2D eigenvalue weighted by Gasteiger charge is 2.12. The molecule has 0 bridgehead atoms. The van der Waals surface area contributed by atoms with Gasteiger partial charge in [-0.15, -0.1) is 0 Å². The number of aromatic nitrogens is 2. The number of rotatable bonds is 6. The normalized spacial score (nSPS) is 10.9. The van der Waals surface area contributed by atoms with Crippen molar-refractivity contribution in [2.75, 3.05) is 6.54 Å². The summed E-state index contributed by atoms with van der Waals surface area (Å²) in [6.07, 6.45) is 0.680. The van der Waals surface area contributed by atoms with Gasteiger partial charge in [0.15, 0.2) is 0 Å². The topological polar surface area (TPSA) is 46.9 Å². The number of carbonyl (C=O) groups is 1. The molecular formula is C24H23N3O. The number of para-hydroxylation sites is 2. The first-order valence-electron chi connectivity index (χ1n) is 9.54. The number of fused-ring (bicyclic) bond motifs is 1. The Kier molecular flexibility index (Phi) is 5.20. The molecule has 0 saturated heterocycles. The Morgan fingerprint density at radius 3 is 2.46 bits per heavy atom. The Balaban J connectivity index is 1.55. The third kappa shape index (κ3) is 3.81. The van der Waals surface area contributed by atoms with Gasteiger partial charge in [0.1, 0.15) is 5.82 Å². The maximum atomic E-state index is 12.3. The van der Waals surface area contributed by atoms with Gasteiger partial charge in [-0.25, -0.2) is 4.98 Å². The van der Waals surface area contributed by atoms with Crippen LogP contribution in [0, 0.1) is 6.92 Å². The summed E-state index contributed by atoms with van der Waals surface area (Å²) >= 11 is 0. The molecule has 0 fully saturated rings. The van der Waals surface area contributed by atoms with Gasteiger partial charge < -0.3 is 9.88 Å². The lowest BCUT2D eigenvalue weighted by molar-refractivity contribution is 0.0954. The highest BCUT2D eigenvalue weighted by molar-refractivity contribution is 5.94. The van der Waals surface area contributed by atoms with Crippen LogP contribution in [-0.2, 0) is 13.0 Å². The molecule has 1 amide bonds. The minimum absolute atomic E-state index is 0.0536. The number of nitrogens with one attached hydrogen (secondary N) is 1. The first-order valence-corrected chi connectivity index (χ1v) is 9.54. The van der Waals surface area contributed by atoms with E-state index in [1.54, 1.807) is 0 Å². The molecule has 0 unspecified atom stereocenters. The summed E-state index contributed by atoms with van der Waals surface area (Å²) in [7, 11) is 0. The van der Waals surface area contributed by atoms with Crippen LogP contribution in [0.3, 0.4) is 0 Å². The quantitative estimate of drug-likeness (QED) is 0.549. The van der Waals surface area contributed by atoms with E-state index < -0.39 is 0 Å². The Labute approximate surface area is 164 Å². The number of benzene rings is 3. The molecular weight excluding hydrogens is 346 g/mol. The second kappa shape index (κ2) is 8.09. The van der Waals surface area contributed by atoms with Crippen molar-refractivity contribution in [2.45, 2.75) is 19.9 Å². The number of hydrogen-bond donors (Lipinski definition) is 1. The van der Waals surface area contributed by atoms with E-state index in [9.17, 15) is 4.79 Å². The molecule has 140 valence electrons. The van der Waals surface area contributed by atoms with Crippen LogP contribution in [0.25, 0.3) is 11.0 Å². The van der Waals surface area contributed by atoms with Crippen molar-refractivity contribution in [3.05, 3.63) is 101 Å². The van der Waals surface area contributed by atoms with Gasteiger partial charge in [0, 0.05) is 25.1 Å². The molecule has 0 saturated carbocycles. The number of carbonyl (C=O) groups excluding carboxylic acids is 1. The van der Waals surface area contributed by atoms with E-state index in [-0.39, 0.29) is 5.91 Å². The van der Waals surface area contributed by atoms with Gasteiger partial charge >= 0.3 is 0 Å². The van der Waals surface area contributed by atoms with Crippen molar-refractivity contribution in [3.8, 4) is 0 Å². The predicted molar refractivity (Wildman–Crippen MR) is 112 cm³/mol. The third-order valence-corrected chi connectivity index (χ3v) is 4.99. The Morgan fingerprint density at radius 1 is 0.929 bits per heavy atom. The van der Waals surface area contributed by atoms with Crippen LogP contribution >= 0.6 is 0 Å². The second-order valence-electron chi connectivity index (χ2n) is 6.90. The van der Waals surface area contributed by atoms with Crippen molar-refractivity contribution < 1.29 is 4.79 Å². The summed E-state index contributed by atoms with van der Waals surface area (Å²) in [4.78, 5) is 17.1. The van der Waals surface area contributed by atoms with Crippen LogP contribution in [0.15, 0.2) is 78.9 Å². The maximum absolute atomic E-state index is 12.3. The molecule has 0 aliphatic rings. The van der Waals surface area contributed by atoms with Crippen LogP contribution in [0.5, 0.6) is 0 Å². The zero-order chi connectivity index (χ0) is 19.3. The van der Waals surface area contributed by atoms with E-state index in [4.69, 9.17) is 4.98 Å². The van der Waals surface area contributed by atoms with Crippen LogP contribution in [0.4, 0.5) is 0 Å². The molecule has 0 spiro atoms. The van der Waals surface area contributed by atoms with Crippen LogP contribution in [0.1, 0.15) is 27.3 Å². The fourth-order valence-corrected chi connectivity index (χ4v) is 3.43. The lowest BCUT2D eigenvalue weighted by Crippen LogP contribution is -2.26. The Bertz CT molecular complexity index is 1100. The van der Waals surface area contributed by atoms with E-state index in [1.165, 1.54) is 11.1 Å². The number of aryl methyl sites for hydroxylation is 1. The molecule has 3 aromatic carbocycles. The fourth-order valence-electron chi connectivity index (χ4n) is 3.43. The molecule has 4 heteroatoms. The molecule has 4 nitrogen and oxygen atoms in total. The third-order valence-electron chi connectivity index (χ3n) is 4.99. The molecule has 0 radical (unpaired) electrons. The van der Waals surface area contributed by atoms with Gasteiger partial charge in [0.2, 0.25) is 0 Å². The van der Waals surface area contributed by atoms with Gasteiger partial charge in [-0.3, -0.25) is 4.79 Å². The average Bonchev–Trinajstić information content (AvgIpc) is 3.08. The van der Waals surface area contributed by atoms with Gasteiger partial charge in [0.25, 0.3) is 5.91 Å². The largest absolute Gasteiger partial charge is 0.352 e. The molecule has 28 heavy (non-hydrogen) atoms. The highest BCUT2D eigenvalue weighted by atomic mass is 16.1. The molecule has 1 heterocycles. The zero-order valence-corrected chi connectivity index (χ0v) is 15.9. The smallest absolute Gasteiger partial charge is 0.251 e. The van der Waals surface area contributed by atoms with Gasteiger partial charge in [0.05, 0.1) is 11.0 Å². The van der Waals surface area contributed by atoms with Crippen LogP contribution in [-0.4, -0.2) is 22.0 Å². The van der Waals surface area contributed by atoms with Crippen molar-refractivity contribution in [2.24, 2.45) is 0 Å². The highest BCUT2D eigenvalue weighted by Crippen LogP contribution is 2.19. The first kappa shape index (κ1) is 18.0. The Morgan fingerprint density at radius 2 is 1.64 bits per heavy atom. The molecule has 0 aliphatic heterocycles. The van der Waals surface area contributed by atoms with Crippen LogP contribution in [0.2, 0.25) is 0 Å². The zero-order valence-electron chi connectivity index (χ0n) is 15.9. The predicted octanol–water partition coefficient (Wildman–Crippen LogP) is 4.37. The Hall–Kier alpha value is -3.40. The minimum atomic E-state index is -0.0536. The number of amides is 1. The van der Waals surface area contributed by atoms with Gasteiger partial charge in [-0.1, -0.05) is 54.6 Å². The average molecular weight is 369 g/mol. The number of hydrogen-bond acceptors (Lipinski definition) is 2. The molecule has 4 rings (SSSR count). The SMILES string of the molecule is Cc1ccccc1Cn1c(CCNC(=O)c2ccccc2)nc2ccccc21. The van der Waals surface area contributed by atoms with E-state index in [2.05, 4.69) is 47.1 Å². The molecule has 4 aromatic rings. The van der Waals surface area contributed by atoms with Crippen molar-refractivity contribution in [1.29, 1.82) is 0 Å². The van der Waals surface area contributed by atoms with Crippen molar-refractivity contribution >= 4 is 16.9 Å². The number of imidazole rings is 1. The van der Waals surface area contributed by atoms with Gasteiger partial charge in [-0.05, 0) is 42.3 Å². The van der Waals surface area contributed by atoms with E-state index >= 15 is 0 Å². The summed E-state index contributed by atoms with van der Waals surface area (Å²) < 4.78 is 2.26. The molecule has 1 aromatic heterocycles. The fraction of sp³-hybridized carbons (Fsp3) is 0.167. The molecule has 1 N–H and O–H groups in total. The summed E-state index contributed by atoms with van der Waals surface area (Å²) in [6.45, 7) is 3.45. The van der Waals surface area contributed by atoms with Crippen molar-refractivity contribution in [3.63, 3.8) is 0 Å². The summed E-state index contributed by atoms with van der Waals surface area (Å²) in [6, 6.07) is 25.9. The minimum Gasteiger partial charge on any atom is -0.352 e. The first-order chi connectivity index (χ1) is 13.7. The number of nitrogens with zero attached hydrogens (tertiary/aromatic N) is 2. The van der Waals surface area contributed by atoms with E-state index in [0.29, 0.717) is 18.5 Å². The lowest BCUT2D eigenvalue weighted by atomic mass is 10.1. The van der Waals surface area contributed by atoms with Crippen LogP contribution < -0.4 is 5.32 Å². The standard InChI is InChI=1S/C24H23N3O/c1-18-9-5-6-12-20(18)17-27-22-14-8-7-13-21(22)26-23(27)15-16-25-24(28)19-10-3-2-4-11-19/h2-14H,15-17H2,1H3,(H,25,28). The molecule has 0 aliphatic carbocycles. The maximum Gasteiger partial charge on any atom is 0.251 e. The molecule has 0 atom stereocenters.